The summed E-state index contributed by atoms with van der Waals surface area (Å²) in [6.07, 6.45) is 0.449. The third kappa shape index (κ3) is 11.8. The van der Waals surface area contributed by atoms with Crippen molar-refractivity contribution in [1.82, 2.24) is 0 Å². The average Bonchev–Trinajstić information content (AvgIpc) is 2.29. The van der Waals surface area contributed by atoms with E-state index in [2.05, 4.69) is 39.3 Å². The van der Waals surface area contributed by atoms with Gasteiger partial charge in [0.2, 0.25) is 0 Å². The van der Waals surface area contributed by atoms with E-state index in [1.54, 1.807) is 6.92 Å². The minimum Gasteiger partial charge on any atom is -0.464 e. The number of carbonyl (C=O) groups is 1. The maximum Gasteiger partial charge on any atom is 0.332 e. The van der Waals surface area contributed by atoms with E-state index in [1.165, 1.54) is 6.04 Å². The minimum atomic E-state index is -1.58. The maximum atomic E-state index is 11.2. The highest BCUT2D eigenvalue weighted by Gasteiger charge is 2.22. The van der Waals surface area contributed by atoms with Crippen LogP contribution in [0.4, 0.5) is 0 Å². The van der Waals surface area contributed by atoms with E-state index in [1.807, 2.05) is 0 Å². The SMILES string of the molecule is C=C(C)C(=O)OC[SiH2]O[Si](C)(C)CC[SiH2]O[Si](C)(C)C. The van der Waals surface area contributed by atoms with Gasteiger partial charge in [0, 0.05) is 5.57 Å². The Hall–Kier alpha value is -0.00247. The Balaban J connectivity index is 3.74. The van der Waals surface area contributed by atoms with Crippen LogP contribution in [0.1, 0.15) is 6.92 Å². The number of hydrogen-bond donors (Lipinski definition) is 0. The fourth-order valence-electron chi connectivity index (χ4n) is 1.52. The van der Waals surface area contributed by atoms with Gasteiger partial charge in [0.15, 0.2) is 26.4 Å². The number of rotatable bonds is 10. The van der Waals surface area contributed by atoms with Gasteiger partial charge in [0.25, 0.3) is 0 Å². The molecule has 0 bridgehead atoms. The first-order valence-electron chi connectivity index (χ1n) is 7.14. The molecule has 8 heteroatoms. The van der Waals surface area contributed by atoms with Crippen molar-refractivity contribution >= 4 is 42.1 Å². The molecule has 0 saturated carbocycles. The first-order valence-corrected chi connectivity index (χ1v) is 16.8. The van der Waals surface area contributed by atoms with E-state index >= 15 is 0 Å². The number of ether oxygens (including phenoxy) is 1. The predicted molar refractivity (Wildman–Crippen MR) is 95.5 cm³/mol. The number of esters is 1. The molecule has 0 aliphatic carbocycles. The molecule has 4 nitrogen and oxygen atoms in total. The van der Waals surface area contributed by atoms with Crippen LogP contribution in [0, 0.1) is 0 Å². The Morgan fingerprint density at radius 3 is 2.20 bits per heavy atom. The molecule has 0 fully saturated rings. The third-order valence-electron chi connectivity index (χ3n) is 2.62. The van der Waals surface area contributed by atoms with Crippen LogP contribution in [0.3, 0.4) is 0 Å². The lowest BCUT2D eigenvalue weighted by molar-refractivity contribution is -0.137. The van der Waals surface area contributed by atoms with E-state index in [0.29, 0.717) is 11.8 Å². The van der Waals surface area contributed by atoms with Crippen molar-refractivity contribution in [3.8, 4) is 0 Å². The molecule has 0 aliphatic heterocycles. The zero-order valence-corrected chi connectivity index (χ0v) is 18.7. The Kier molecular flexibility index (Phi) is 9.10. The van der Waals surface area contributed by atoms with Gasteiger partial charge in [-0.05, 0) is 51.7 Å². The molecule has 0 rings (SSSR count). The minimum absolute atomic E-state index is 0.309. The molecular weight excluding hydrogens is 320 g/mol. The molecule has 0 heterocycles. The smallest absolute Gasteiger partial charge is 0.332 e. The summed E-state index contributed by atoms with van der Waals surface area (Å²) in [5, 5.41) is 0. The second-order valence-electron chi connectivity index (χ2n) is 6.59. The van der Waals surface area contributed by atoms with E-state index in [-0.39, 0.29) is 15.7 Å². The molecule has 0 saturated heterocycles. The summed E-state index contributed by atoms with van der Waals surface area (Å²) in [7, 11) is -4.07. The second-order valence-corrected chi connectivity index (χ2v) is 19.1. The summed E-state index contributed by atoms with van der Waals surface area (Å²) >= 11 is 0. The molecule has 0 atom stereocenters. The van der Waals surface area contributed by atoms with E-state index in [4.69, 9.17) is 13.0 Å². The standard InChI is InChI=1S/C12H30O4Si4/c1-11(2)12(13)14-10-18-16-20(6,7)9-8-17-15-19(3,4)5/h1,8-10,17-18H2,2-7H3. The molecule has 0 radical (unpaired) electrons. The van der Waals surface area contributed by atoms with E-state index < -0.39 is 26.4 Å². The van der Waals surface area contributed by atoms with Crippen LogP contribution in [0.25, 0.3) is 0 Å². The molecule has 0 aromatic carbocycles. The lowest BCUT2D eigenvalue weighted by Crippen LogP contribution is -2.35. The quantitative estimate of drug-likeness (QED) is 0.260. The molecule has 118 valence electrons. The first-order chi connectivity index (χ1) is 9.03. The Bertz CT molecular complexity index is 326. The van der Waals surface area contributed by atoms with E-state index in [9.17, 15) is 4.79 Å². The molecule has 0 spiro atoms. The van der Waals surface area contributed by atoms with Gasteiger partial charge in [-0.3, -0.25) is 0 Å². The lowest BCUT2D eigenvalue weighted by Gasteiger charge is -2.24. The zero-order valence-electron chi connectivity index (χ0n) is 13.9. The van der Waals surface area contributed by atoms with Gasteiger partial charge in [-0.25, -0.2) is 4.79 Å². The lowest BCUT2D eigenvalue weighted by atomic mass is 10.4. The van der Waals surface area contributed by atoms with Crippen molar-refractivity contribution in [3.63, 3.8) is 0 Å². The molecule has 0 aromatic rings. The van der Waals surface area contributed by atoms with E-state index in [0.717, 1.165) is 6.04 Å². The molecule has 0 aliphatic rings. The van der Waals surface area contributed by atoms with Crippen LogP contribution < -0.4 is 0 Å². The fourth-order valence-corrected chi connectivity index (χ4v) is 11.9. The van der Waals surface area contributed by atoms with Gasteiger partial charge in [0.1, 0.15) is 16.0 Å². The summed E-state index contributed by atoms with van der Waals surface area (Å²) < 4.78 is 17.1. The normalized spacial score (nSPS) is 13.5. The Morgan fingerprint density at radius 2 is 1.70 bits per heavy atom. The van der Waals surface area contributed by atoms with Crippen molar-refractivity contribution in [3.05, 3.63) is 12.2 Å². The monoisotopic (exact) mass is 350 g/mol. The average molecular weight is 351 g/mol. The topological polar surface area (TPSA) is 44.8 Å². The van der Waals surface area contributed by atoms with Crippen molar-refractivity contribution in [2.24, 2.45) is 0 Å². The van der Waals surface area contributed by atoms with Crippen LogP contribution in [-0.2, 0) is 17.8 Å². The third-order valence-corrected chi connectivity index (χ3v) is 14.1. The highest BCUT2D eigenvalue weighted by molar-refractivity contribution is 6.76. The maximum absolute atomic E-state index is 11.2. The molecule has 20 heavy (non-hydrogen) atoms. The van der Waals surface area contributed by atoms with Gasteiger partial charge >= 0.3 is 5.97 Å². The molecule has 0 N–H and O–H groups in total. The molecule has 0 unspecified atom stereocenters. The van der Waals surface area contributed by atoms with Crippen LogP contribution in [0.5, 0.6) is 0 Å². The molecule has 0 aromatic heterocycles. The second kappa shape index (κ2) is 9.10. The highest BCUT2D eigenvalue weighted by atomic mass is 28.4. The van der Waals surface area contributed by atoms with Crippen molar-refractivity contribution in [2.45, 2.75) is 51.7 Å². The first kappa shape index (κ1) is 20.0. The number of hydrogen-bond acceptors (Lipinski definition) is 4. The van der Waals surface area contributed by atoms with Crippen LogP contribution in [0.2, 0.25) is 44.8 Å². The van der Waals surface area contributed by atoms with Gasteiger partial charge in [-0.15, -0.1) is 0 Å². The summed E-state index contributed by atoms with van der Waals surface area (Å²) in [6, 6.07) is 2.36. The molecular formula is C12H30O4Si4. The van der Waals surface area contributed by atoms with Crippen LogP contribution in [0.15, 0.2) is 12.2 Å². The van der Waals surface area contributed by atoms with Crippen LogP contribution >= 0.6 is 0 Å². The predicted octanol–water partition coefficient (Wildman–Crippen LogP) is 1.72. The Labute approximate surface area is 130 Å². The van der Waals surface area contributed by atoms with Crippen molar-refractivity contribution < 1.29 is 17.8 Å². The van der Waals surface area contributed by atoms with Crippen molar-refractivity contribution in [1.29, 1.82) is 0 Å². The highest BCUT2D eigenvalue weighted by Crippen LogP contribution is 2.14. The number of carbonyl (C=O) groups excluding carboxylic acids is 1. The van der Waals surface area contributed by atoms with Crippen molar-refractivity contribution in [2.75, 3.05) is 6.23 Å². The summed E-state index contributed by atoms with van der Waals surface area (Å²) in [6.45, 7) is 16.4. The van der Waals surface area contributed by atoms with Gasteiger partial charge in [-0.2, -0.15) is 0 Å². The summed E-state index contributed by atoms with van der Waals surface area (Å²) in [5.74, 6) is -0.309. The van der Waals surface area contributed by atoms with Gasteiger partial charge in [-0.1, -0.05) is 6.58 Å². The largest absolute Gasteiger partial charge is 0.464 e. The summed E-state index contributed by atoms with van der Waals surface area (Å²) in [5.41, 5.74) is 0.449. The molecule has 0 amide bonds. The van der Waals surface area contributed by atoms with Gasteiger partial charge < -0.3 is 13.0 Å². The fraction of sp³-hybridized carbons (Fsp3) is 0.750. The Morgan fingerprint density at radius 1 is 1.10 bits per heavy atom. The summed E-state index contributed by atoms with van der Waals surface area (Å²) in [4.78, 5) is 11.2. The van der Waals surface area contributed by atoms with Crippen LogP contribution in [-0.4, -0.2) is 48.4 Å². The zero-order chi connectivity index (χ0) is 15.8. The van der Waals surface area contributed by atoms with Gasteiger partial charge in [0.05, 0.1) is 0 Å².